The van der Waals surface area contributed by atoms with Gasteiger partial charge in [-0.15, -0.1) is 0 Å². The summed E-state index contributed by atoms with van der Waals surface area (Å²) >= 11 is 0. The highest BCUT2D eigenvalue weighted by Crippen LogP contribution is 2.45. The van der Waals surface area contributed by atoms with E-state index in [0.717, 1.165) is 102 Å². The van der Waals surface area contributed by atoms with E-state index < -0.39 is 97.5 Å². The van der Waals surface area contributed by atoms with E-state index in [1.54, 1.807) is 0 Å². The third-order valence-corrected chi connectivity index (χ3v) is 21.5. The summed E-state index contributed by atoms with van der Waals surface area (Å²) in [6.07, 6.45) is 63.7. The monoisotopic (exact) mass is 1480 g/mol. The molecule has 0 spiro atoms. The molecule has 0 fully saturated rings. The first-order chi connectivity index (χ1) is 48.9. The van der Waals surface area contributed by atoms with Gasteiger partial charge in [0.15, 0.2) is 12.2 Å². The number of rotatable bonds is 81. The fraction of sp³-hybridized carbons (Fsp3) is 0.951. The molecule has 0 amide bonds. The molecule has 0 heterocycles. The number of aliphatic hydroxyl groups excluding tert-OH is 1. The summed E-state index contributed by atoms with van der Waals surface area (Å²) in [5.74, 6) is -0.525. The Balaban J connectivity index is 5.25. The molecule has 0 aromatic heterocycles. The smallest absolute Gasteiger partial charge is 0.462 e. The van der Waals surface area contributed by atoms with Gasteiger partial charge in [0.2, 0.25) is 0 Å². The lowest BCUT2D eigenvalue weighted by Crippen LogP contribution is -2.30. The number of aliphatic hydroxyl groups is 1. The molecule has 3 unspecified atom stereocenters. The van der Waals surface area contributed by atoms with Crippen molar-refractivity contribution in [1.29, 1.82) is 0 Å². The van der Waals surface area contributed by atoms with E-state index in [9.17, 15) is 43.2 Å². The van der Waals surface area contributed by atoms with Crippen LogP contribution in [0.3, 0.4) is 0 Å². The van der Waals surface area contributed by atoms with Gasteiger partial charge in [0, 0.05) is 25.7 Å². The van der Waals surface area contributed by atoms with Crippen molar-refractivity contribution >= 4 is 39.5 Å². The van der Waals surface area contributed by atoms with Crippen molar-refractivity contribution in [1.82, 2.24) is 0 Å². The number of hydrogen-bond donors (Lipinski definition) is 3. The van der Waals surface area contributed by atoms with Crippen molar-refractivity contribution in [3.05, 3.63) is 0 Å². The van der Waals surface area contributed by atoms with Crippen molar-refractivity contribution in [2.75, 3.05) is 39.6 Å². The molecule has 0 radical (unpaired) electrons. The van der Waals surface area contributed by atoms with Crippen molar-refractivity contribution in [3.8, 4) is 0 Å². The van der Waals surface area contributed by atoms with Crippen LogP contribution in [0.1, 0.15) is 433 Å². The molecule has 0 aliphatic carbocycles. The molecule has 0 aliphatic heterocycles. The second kappa shape index (κ2) is 73.6. The third kappa shape index (κ3) is 74.7. The highest BCUT2D eigenvalue weighted by molar-refractivity contribution is 7.47. The van der Waals surface area contributed by atoms with Gasteiger partial charge in [-0.05, 0) is 37.5 Å². The predicted octanol–water partition coefficient (Wildman–Crippen LogP) is 24.7. The van der Waals surface area contributed by atoms with Gasteiger partial charge in [0.1, 0.15) is 19.3 Å². The van der Waals surface area contributed by atoms with E-state index in [1.807, 2.05) is 0 Å². The zero-order valence-electron chi connectivity index (χ0n) is 66.2. The molecule has 19 heteroatoms. The number of ether oxygens (including phenoxy) is 4. The number of carbonyl (C=O) groups excluding carboxylic acids is 4. The Bertz CT molecular complexity index is 1940. The molecule has 0 bridgehead atoms. The first-order valence-electron chi connectivity index (χ1n) is 42.5. The minimum absolute atomic E-state index is 0.107. The largest absolute Gasteiger partial charge is 0.472 e. The minimum Gasteiger partial charge on any atom is -0.462 e. The van der Waals surface area contributed by atoms with Gasteiger partial charge in [-0.1, -0.05) is 382 Å². The molecular weight excluding hydrogens is 1320 g/mol. The summed E-state index contributed by atoms with van der Waals surface area (Å²) in [4.78, 5) is 73.1. The number of phosphoric ester groups is 2. The molecule has 17 nitrogen and oxygen atoms in total. The summed E-state index contributed by atoms with van der Waals surface area (Å²) in [5.41, 5.74) is 0. The van der Waals surface area contributed by atoms with Crippen LogP contribution in [-0.2, 0) is 65.4 Å². The van der Waals surface area contributed by atoms with E-state index >= 15 is 0 Å². The summed E-state index contributed by atoms with van der Waals surface area (Å²) in [6.45, 7) is 9.68. The van der Waals surface area contributed by atoms with Gasteiger partial charge >= 0.3 is 39.5 Å². The third-order valence-electron chi connectivity index (χ3n) is 19.6. The zero-order valence-corrected chi connectivity index (χ0v) is 68.0. The number of unbranched alkanes of at least 4 members (excludes halogenated alkanes) is 50. The summed E-state index contributed by atoms with van der Waals surface area (Å²) < 4.78 is 68.8. The van der Waals surface area contributed by atoms with Crippen LogP contribution in [0.4, 0.5) is 0 Å². The molecule has 600 valence electrons. The average molecular weight is 1480 g/mol. The Kier molecular flexibility index (Phi) is 72.2. The second-order valence-corrected chi connectivity index (χ2v) is 33.1. The topological polar surface area (TPSA) is 237 Å². The van der Waals surface area contributed by atoms with Gasteiger partial charge in [-0.25, -0.2) is 9.13 Å². The normalized spacial score (nSPS) is 14.2. The fourth-order valence-electron chi connectivity index (χ4n) is 12.7. The lowest BCUT2D eigenvalue weighted by atomic mass is 9.99. The van der Waals surface area contributed by atoms with Crippen LogP contribution >= 0.6 is 15.6 Å². The Labute approximate surface area is 619 Å². The minimum atomic E-state index is -4.96. The van der Waals surface area contributed by atoms with Crippen LogP contribution in [-0.4, -0.2) is 96.7 Å². The number of hydrogen-bond acceptors (Lipinski definition) is 15. The summed E-state index contributed by atoms with van der Waals surface area (Å²) in [5, 5.41) is 10.7. The highest BCUT2D eigenvalue weighted by Gasteiger charge is 2.30. The molecule has 0 aromatic carbocycles. The maximum Gasteiger partial charge on any atom is 0.472 e. The van der Waals surface area contributed by atoms with Crippen LogP contribution in [0.15, 0.2) is 0 Å². The molecule has 0 aromatic rings. The SMILES string of the molecule is CCCCCCCCCCCCCCCCCCCCC(=O)OC[C@H](COP(=O)(O)OC[C@@H](O)COP(=O)(O)OC[C@@H](COC(=O)CCCCCCCCCCC(C)CC)OC(=O)CCCCCCCCCCCCCCC)OC(=O)CCCCCCCCCCCCCCCCCC(C)C. The van der Waals surface area contributed by atoms with Crippen LogP contribution in [0, 0.1) is 11.8 Å². The lowest BCUT2D eigenvalue weighted by Gasteiger charge is -2.21. The van der Waals surface area contributed by atoms with Gasteiger partial charge in [0.05, 0.1) is 26.4 Å². The van der Waals surface area contributed by atoms with Gasteiger partial charge < -0.3 is 33.8 Å². The maximum atomic E-state index is 13.1. The zero-order chi connectivity index (χ0) is 74.2. The number of esters is 4. The van der Waals surface area contributed by atoms with E-state index in [4.69, 9.17) is 37.0 Å². The van der Waals surface area contributed by atoms with Crippen LogP contribution in [0.2, 0.25) is 0 Å². The Morgan fingerprint density at radius 3 is 0.752 bits per heavy atom. The van der Waals surface area contributed by atoms with E-state index in [1.165, 1.54) is 250 Å². The molecule has 0 aliphatic rings. The summed E-state index contributed by atoms with van der Waals surface area (Å²) in [7, 11) is -9.92. The highest BCUT2D eigenvalue weighted by atomic mass is 31.2. The molecule has 101 heavy (non-hydrogen) atoms. The van der Waals surface area contributed by atoms with Gasteiger partial charge in [-0.3, -0.25) is 37.3 Å². The van der Waals surface area contributed by atoms with E-state index in [2.05, 4.69) is 41.5 Å². The molecule has 0 rings (SSSR count). The Morgan fingerprint density at radius 1 is 0.287 bits per heavy atom. The van der Waals surface area contributed by atoms with Crippen LogP contribution in [0.5, 0.6) is 0 Å². The fourth-order valence-corrected chi connectivity index (χ4v) is 14.3. The van der Waals surface area contributed by atoms with Crippen molar-refractivity contribution in [3.63, 3.8) is 0 Å². The molecule has 6 atom stereocenters. The van der Waals surface area contributed by atoms with E-state index in [0.29, 0.717) is 25.7 Å². The van der Waals surface area contributed by atoms with Crippen molar-refractivity contribution in [2.24, 2.45) is 11.8 Å². The molecular formula is C82H160O17P2. The molecule has 0 saturated heterocycles. The molecule has 0 saturated carbocycles. The van der Waals surface area contributed by atoms with Crippen LogP contribution < -0.4 is 0 Å². The number of carbonyl (C=O) groups is 4. The van der Waals surface area contributed by atoms with Gasteiger partial charge in [0.25, 0.3) is 0 Å². The predicted molar refractivity (Wildman–Crippen MR) is 414 cm³/mol. The van der Waals surface area contributed by atoms with Crippen molar-refractivity contribution in [2.45, 2.75) is 452 Å². The lowest BCUT2D eigenvalue weighted by molar-refractivity contribution is -0.161. The Morgan fingerprint density at radius 2 is 0.505 bits per heavy atom. The second-order valence-electron chi connectivity index (χ2n) is 30.2. The first-order valence-corrected chi connectivity index (χ1v) is 45.5. The quantitative estimate of drug-likeness (QED) is 0.0222. The van der Waals surface area contributed by atoms with E-state index in [-0.39, 0.29) is 25.7 Å². The van der Waals surface area contributed by atoms with Gasteiger partial charge in [-0.2, -0.15) is 0 Å². The average Bonchev–Trinajstić information content (AvgIpc) is 0.982. The molecule has 3 N–H and O–H groups in total. The van der Waals surface area contributed by atoms with Crippen LogP contribution in [0.25, 0.3) is 0 Å². The maximum absolute atomic E-state index is 13.1. The standard InChI is InChI=1S/C82H160O17P2/c1-7-10-12-14-16-18-20-22-23-24-25-28-32-35-39-46-52-58-64-79(84)92-70-77(98-82(87)67-61-55-49-41-37-33-29-26-27-31-34-38-44-50-56-62-74(4)5)72-96-100(88,89)94-68-76(83)69-95-101(90,91)97-73-78(71-93-80(85)65-59-53-47-43-42-45-51-57-63-75(6)9-3)99-81(86)66-60-54-48-40-36-30-21-19-17-15-13-11-8-2/h74-78,83H,7-73H2,1-6H3,(H,88,89)(H,90,91)/t75?,76-,77-,78-/m1/s1. The first kappa shape index (κ1) is 99.1. The van der Waals surface area contributed by atoms with Crippen molar-refractivity contribution < 1.29 is 80.2 Å². The summed E-state index contributed by atoms with van der Waals surface area (Å²) in [6, 6.07) is 0. The Hall–Kier alpha value is -1.94. The number of phosphoric acid groups is 2.